The minimum Gasteiger partial charge on any atom is -0.385 e. The van der Waals surface area contributed by atoms with E-state index in [4.69, 9.17) is 22.4 Å². The molecule has 0 aliphatic rings. The van der Waals surface area contributed by atoms with Crippen LogP contribution in [0.1, 0.15) is 19.8 Å². The molecule has 0 fully saturated rings. The molecular weight excluding hydrogens is 194 g/mol. The van der Waals surface area contributed by atoms with Crippen molar-refractivity contribution in [1.29, 1.82) is 0 Å². The summed E-state index contributed by atoms with van der Waals surface area (Å²) in [5.41, 5.74) is 0. The van der Waals surface area contributed by atoms with Crippen LogP contribution in [0.15, 0.2) is 0 Å². The minimum atomic E-state index is -0.0637. The molecule has 0 aliphatic carbocycles. The molecule has 0 amide bonds. The molecule has 0 atom stereocenters. The molecule has 0 heterocycles. The number of hydrogen-bond acceptors (Lipinski definition) is 4. The molecule has 0 aliphatic heterocycles. The Bertz CT molecular complexity index is 133. The number of hydrogen-bond donors (Lipinski definition) is 2. The van der Waals surface area contributed by atoms with Gasteiger partial charge in [0.2, 0.25) is 0 Å². The Hall–Kier alpha value is 0.160. The molecule has 3 nitrogen and oxygen atoms in total. The lowest BCUT2D eigenvalue weighted by atomic mass is 10.3. The van der Waals surface area contributed by atoms with E-state index in [0.717, 1.165) is 19.4 Å². The SMILES string of the molecule is CCCCN(CO)C(=S)SCO. The first-order chi connectivity index (χ1) is 5.76. The Balaban J connectivity index is 3.71. The van der Waals surface area contributed by atoms with Crippen LogP contribution in [-0.4, -0.2) is 38.6 Å². The third-order valence-electron chi connectivity index (χ3n) is 1.40. The number of aliphatic hydroxyl groups excluding tert-OH is 2. The van der Waals surface area contributed by atoms with Gasteiger partial charge in [0.1, 0.15) is 11.1 Å². The number of rotatable bonds is 5. The van der Waals surface area contributed by atoms with E-state index < -0.39 is 0 Å². The summed E-state index contributed by atoms with van der Waals surface area (Å²) in [4.78, 5) is 1.68. The highest BCUT2D eigenvalue weighted by molar-refractivity contribution is 8.22. The van der Waals surface area contributed by atoms with Gasteiger partial charge in [-0.15, -0.1) is 0 Å². The zero-order chi connectivity index (χ0) is 9.40. The van der Waals surface area contributed by atoms with Gasteiger partial charge < -0.3 is 15.1 Å². The molecule has 0 unspecified atom stereocenters. The number of unbranched alkanes of at least 4 members (excludes halogenated alkanes) is 1. The van der Waals surface area contributed by atoms with Crippen molar-refractivity contribution in [1.82, 2.24) is 4.90 Å². The van der Waals surface area contributed by atoms with Crippen molar-refractivity contribution in [3.8, 4) is 0 Å². The fourth-order valence-corrected chi connectivity index (χ4v) is 1.46. The van der Waals surface area contributed by atoms with E-state index in [1.807, 2.05) is 0 Å². The van der Waals surface area contributed by atoms with E-state index in [0.29, 0.717) is 4.32 Å². The van der Waals surface area contributed by atoms with Gasteiger partial charge in [-0.25, -0.2) is 0 Å². The summed E-state index contributed by atoms with van der Waals surface area (Å²) in [6.07, 6.45) is 2.08. The quantitative estimate of drug-likeness (QED) is 0.522. The van der Waals surface area contributed by atoms with Crippen molar-refractivity contribution in [2.24, 2.45) is 0 Å². The number of nitrogens with zero attached hydrogens (tertiary/aromatic N) is 1. The van der Waals surface area contributed by atoms with E-state index >= 15 is 0 Å². The van der Waals surface area contributed by atoms with Crippen molar-refractivity contribution in [3.63, 3.8) is 0 Å². The first-order valence-electron chi connectivity index (χ1n) is 3.89. The van der Waals surface area contributed by atoms with Gasteiger partial charge in [0.15, 0.2) is 0 Å². The lowest BCUT2D eigenvalue weighted by Gasteiger charge is -2.20. The van der Waals surface area contributed by atoms with Crippen LogP contribution in [0.5, 0.6) is 0 Å². The lowest BCUT2D eigenvalue weighted by molar-refractivity contribution is 0.173. The van der Waals surface area contributed by atoms with E-state index in [-0.39, 0.29) is 12.7 Å². The maximum atomic E-state index is 8.89. The molecule has 12 heavy (non-hydrogen) atoms. The van der Waals surface area contributed by atoms with E-state index in [1.165, 1.54) is 11.8 Å². The largest absolute Gasteiger partial charge is 0.385 e. The molecule has 0 rings (SSSR count). The van der Waals surface area contributed by atoms with E-state index in [9.17, 15) is 0 Å². The highest BCUT2D eigenvalue weighted by Gasteiger charge is 2.06. The number of aliphatic hydroxyl groups is 2. The number of thiocarbonyl (C=S) groups is 1. The molecule has 0 aromatic rings. The van der Waals surface area contributed by atoms with E-state index in [2.05, 4.69) is 6.92 Å². The van der Waals surface area contributed by atoms with Gasteiger partial charge in [0, 0.05) is 6.54 Å². The maximum absolute atomic E-state index is 8.89. The predicted molar refractivity (Wildman–Crippen MR) is 56.0 cm³/mol. The van der Waals surface area contributed by atoms with Crippen LogP contribution in [0.2, 0.25) is 0 Å². The topological polar surface area (TPSA) is 43.7 Å². The lowest BCUT2D eigenvalue weighted by Crippen LogP contribution is -2.29. The third kappa shape index (κ3) is 4.92. The Kier molecular flexibility index (Phi) is 7.89. The average Bonchev–Trinajstić information content (AvgIpc) is 2.06. The molecule has 72 valence electrons. The van der Waals surface area contributed by atoms with Gasteiger partial charge in [0.25, 0.3) is 0 Å². The van der Waals surface area contributed by atoms with Crippen molar-refractivity contribution in [2.75, 3.05) is 19.2 Å². The Morgan fingerprint density at radius 3 is 2.58 bits per heavy atom. The normalized spacial score (nSPS) is 9.92. The van der Waals surface area contributed by atoms with Gasteiger partial charge in [-0.1, -0.05) is 37.3 Å². The van der Waals surface area contributed by atoms with Crippen molar-refractivity contribution < 1.29 is 10.2 Å². The first-order valence-corrected chi connectivity index (χ1v) is 5.29. The minimum absolute atomic E-state index is 0.0263. The molecular formula is C7H15NO2S2. The smallest absolute Gasteiger partial charge is 0.140 e. The molecule has 0 spiro atoms. The summed E-state index contributed by atoms with van der Waals surface area (Å²) >= 11 is 6.12. The summed E-state index contributed by atoms with van der Waals surface area (Å²) in [5.74, 6) is -0.0263. The summed E-state index contributed by atoms with van der Waals surface area (Å²) in [6, 6.07) is 0. The monoisotopic (exact) mass is 209 g/mol. The molecule has 0 aromatic carbocycles. The molecule has 0 radical (unpaired) electrons. The van der Waals surface area contributed by atoms with Crippen LogP contribution in [0, 0.1) is 0 Å². The van der Waals surface area contributed by atoms with E-state index in [1.54, 1.807) is 4.90 Å². The summed E-state index contributed by atoms with van der Waals surface area (Å²) in [5, 5.41) is 17.5. The zero-order valence-electron chi connectivity index (χ0n) is 7.19. The molecule has 0 saturated heterocycles. The number of thioether (sulfide) groups is 1. The highest BCUT2D eigenvalue weighted by Crippen LogP contribution is 2.08. The first kappa shape index (κ1) is 12.2. The van der Waals surface area contributed by atoms with Crippen LogP contribution >= 0.6 is 24.0 Å². The fraction of sp³-hybridized carbons (Fsp3) is 0.857. The fourth-order valence-electron chi connectivity index (χ4n) is 0.715. The average molecular weight is 209 g/mol. The van der Waals surface area contributed by atoms with Crippen molar-refractivity contribution >= 4 is 28.3 Å². The predicted octanol–water partition coefficient (Wildman–Crippen LogP) is 1.01. The summed E-state index contributed by atoms with van der Waals surface area (Å²) in [7, 11) is 0. The second-order valence-electron chi connectivity index (χ2n) is 2.30. The van der Waals surface area contributed by atoms with Crippen molar-refractivity contribution in [3.05, 3.63) is 0 Å². The van der Waals surface area contributed by atoms with Gasteiger partial charge in [-0.3, -0.25) is 0 Å². The van der Waals surface area contributed by atoms with Crippen LogP contribution in [0.4, 0.5) is 0 Å². The summed E-state index contributed by atoms with van der Waals surface area (Å²) < 4.78 is 0.563. The Morgan fingerprint density at radius 2 is 2.17 bits per heavy atom. The third-order valence-corrected chi connectivity index (χ3v) is 2.64. The van der Waals surface area contributed by atoms with Crippen LogP contribution in [0.25, 0.3) is 0 Å². The maximum Gasteiger partial charge on any atom is 0.140 e. The van der Waals surface area contributed by atoms with Crippen LogP contribution < -0.4 is 0 Å². The molecule has 0 saturated carbocycles. The highest BCUT2D eigenvalue weighted by atomic mass is 32.2. The zero-order valence-corrected chi connectivity index (χ0v) is 8.83. The van der Waals surface area contributed by atoms with Gasteiger partial charge in [-0.2, -0.15) is 0 Å². The van der Waals surface area contributed by atoms with Crippen LogP contribution in [0.3, 0.4) is 0 Å². The molecule has 0 bridgehead atoms. The van der Waals surface area contributed by atoms with Gasteiger partial charge >= 0.3 is 0 Å². The second kappa shape index (κ2) is 7.79. The van der Waals surface area contributed by atoms with Gasteiger partial charge in [0.05, 0.1) is 5.94 Å². The standard InChI is InChI=1S/C7H15NO2S2/c1-2-3-4-8(5-9)7(11)12-6-10/h9-10H,2-6H2,1H3. The van der Waals surface area contributed by atoms with Crippen molar-refractivity contribution in [2.45, 2.75) is 19.8 Å². The second-order valence-corrected chi connectivity index (χ2v) is 3.88. The van der Waals surface area contributed by atoms with Crippen LogP contribution in [-0.2, 0) is 0 Å². The van der Waals surface area contributed by atoms with Gasteiger partial charge in [-0.05, 0) is 6.42 Å². The Morgan fingerprint density at radius 1 is 1.50 bits per heavy atom. The molecule has 2 N–H and O–H groups in total. The molecule has 5 heteroatoms. The molecule has 0 aromatic heterocycles. The summed E-state index contributed by atoms with van der Waals surface area (Å²) in [6.45, 7) is 2.78. The Labute approximate surface area is 82.8 Å².